The summed E-state index contributed by atoms with van der Waals surface area (Å²) in [5, 5.41) is 6.61. The predicted octanol–water partition coefficient (Wildman–Crippen LogP) is 4.15. The summed E-state index contributed by atoms with van der Waals surface area (Å²) in [7, 11) is 1.65. The molecule has 3 aromatic rings. The van der Waals surface area contributed by atoms with Crippen molar-refractivity contribution in [2.75, 3.05) is 25.6 Å². The quantitative estimate of drug-likeness (QED) is 0.569. The topological polar surface area (TPSA) is 72.7 Å². The van der Waals surface area contributed by atoms with Crippen LogP contribution in [-0.2, 0) is 4.74 Å². The normalized spacial score (nSPS) is 15.6. The van der Waals surface area contributed by atoms with E-state index in [9.17, 15) is 4.39 Å². The largest absolute Gasteiger partial charge is 0.495 e. The highest BCUT2D eigenvalue weighted by Gasteiger charge is 2.16. The number of methoxy groups -OCH3 is 1. The Morgan fingerprint density at radius 3 is 2.72 bits per heavy atom. The third-order valence-electron chi connectivity index (χ3n) is 4.92. The van der Waals surface area contributed by atoms with Crippen LogP contribution in [0.3, 0.4) is 0 Å². The number of aromatic nitrogens is 2. The summed E-state index contributed by atoms with van der Waals surface area (Å²) in [5.41, 5.74) is 3.57. The van der Waals surface area contributed by atoms with Crippen molar-refractivity contribution in [3.63, 3.8) is 0 Å². The smallest absolute Gasteiger partial charge is 0.165 e. The van der Waals surface area contributed by atoms with Crippen molar-refractivity contribution in [3.05, 3.63) is 77.8 Å². The van der Waals surface area contributed by atoms with Crippen molar-refractivity contribution >= 4 is 17.6 Å². The number of imidazole rings is 1. The second-order valence-corrected chi connectivity index (χ2v) is 7.46. The molecule has 166 valence electrons. The van der Waals surface area contributed by atoms with E-state index >= 15 is 0 Å². The number of hydrogen-bond acceptors (Lipinski definition) is 6. The van der Waals surface area contributed by atoms with Gasteiger partial charge in [-0.2, -0.15) is 0 Å². The average molecular weight is 436 g/mol. The molecule has 0 fully saturated rings. The molecule has 1 aliphatic rings. The van der Waals surface area contributed by atoms with Gasteiger partial charge in [0.15, 0.2) is 11.6 Å². The zero-order chi connectivity index (χ0) is 22.5. The van der Waals surface area contributed by atoms with Crippen molar-refractivity contribution < 1.29 is 13.9 Å². The molecule has 0 amide bonds. The molecule has 0 radical (unpaired) electrons. The number of ether oxygens (including phenoxy) is 2. The number of anilines is 1. The van der Waals surface area contributed by atoms with E-state index < -0.39 is 0 Å². The highest BCUT2D eigenvalue weighted by molar-refractivity contribution is 6.01. The molecule has 7 nitrogen and oxygen atoms in total. The Hall–Kier alpha value is -3.81. The van der Waals surface area contributed by atoms with Gasteiger partial charge < -0.3 is 24.7 Å². The number of aryl methyl sites for hydroxylation is 1. The van der Waals surface area contributed by atoms with Crippen LogP contribution < -0.4 is 15.4 Å². The van der Waals surface area contributed by atoms with Crippen LogP contribution in [0.2, 0.25) is 0 Å². The van der Waals surface area contributed by atoms with Crippen LogP contribution in [0.4, 0.5) is 10.1 Å². The molecule has 8 heteroatoms. The van der Waals surface area contributed by atoms with Crippen LogP contribution in [0.25, 0.3) is 11.8 Å². The Labute approximate surface area is 186 Å². The van der Waals surface area contributed by atoms with E-state index in [0.717, 1.165) is 28.4 Å². The molecule has 0 bridgehead atoms. The molecule has 4 rings (SSSR count). The summed E-state index contributed by atoms with van der Waals surface area (Å²) >= 11 is 0. The molecule has 1 unspecified atom stereocenters. The highest BCUT2D eigenvalue weighted by Crippen LogP contribution is 2.26. The van der Waals surface area contributed by atoms with Crippen molar-refractivity contribution in [1.82, 2.24) is 14.9 Å². The Morgan fingerprint density at radius 1 is 1.19 bits per heavy atom. The summed E-state index contributed by atoms with van der Waals surface area (Å²) in [6.07, 6.45) is 5.50. The summed E-state index contributed by atoms with van der Waals surface area (Å²) < 4.78 is 26.6. The van der Waals surface area contributed by atoms with Crippen molar-refractivity contribution in [2.24, 2.45) is 4.99 Å². The van der Waals surface area contributed by atoms with Crippen molar-refractivity contribution in [1.29, 1.82) is 0 Å². The fourth-order valence-corrected chi connectivity index (χ4v) is 3.43. The Balaban J connectivity index is 1.52. The van der Waals surface area contributed by atoms with Gasteiger partial charge in [0.1, 0.15) is 18.2 Å². The summed E-state index contributed by atoms with van der Waals surface area (Å²) in [4.78, 5) is 8.86. The van der Waals surface area contributed by atoms with Crippen molar-refractivity contribution in [2.45, 2.75) is 20.0 Å². The van der Waals surface area contributed by atoms with Crippen LogP contribution >= 0.6 is 0 Å². The Kier molecular flexibility index (Phi) is 6.39. The van der Waals surface area contributed by atoms with Crippen LogP contribution in [0.1, 0.15) is 18.2 Å². The number of nitrogens with zero attached hydrogens (tertiary/aromatic N) is 3. The van der Waals surface area contributed by atoms with E-state index in [1.54, 1.807) is 25.6 Å². The number of hydrogen-bond donors (Lipinski definition) is 2. The molecule has 1 aromatic heterocycles. The Bertz CT molecular complexity index is 1140. The molecule has 0 aliphatic carbocycles. The lowest BCUT2D eigenvalue weighted by Gasteiger charge is -2.23. The van der Waals surface area contributed by atoms with Gasteiger partial charge in [-0.15, -0.1) is 0 Å². The maximum atomic E-state index is 13.1. The first-order valence-corrected chi connectivity index (χ1v) is 10.4. The molecule has 0 spiro atoms. The molecule has 32 heavy (non-hydrogen) atoms. The van der Waals surface area contributed by atoms with Gasteiger partial charge in [0, 0.05) is 11.9 Å². The van der Waals surface area contributed by atoms with Crippen molar-refractivity contribution in [3.8, 4) is 11.4 Å². The van der Waals surface area contributed by atoms with Gasteiger partial charge in [-0.05, 0) is 61.9 Å². The van der Waals surface area contributed by atoms with Gasteiger partial charge in [0.05, 0.1) is 37.5 Å². The fourth-order valence-electron chi connectivity index (χ4n) is 3.43. The molecule has 2 aromatic carbocycles. The zero-order valence-corrected chi connectivity index (χ0v) is 18.3. The van der Waals surface area contributed by atoms with Crippen LogP contribution in [0.15, 0.2) is 65.7 Å². The number of amidine groups is 1. The van der Waals surface area contributed by atoms with E-state index in [1.807, 2.05) is 48.9 Å². The number of halogens is 1. The number of aliphatic imine (C=N–C) groups is 1. The van der Waals surface area contributed by atoms with E-state index in [4.69, 9.17) is 9.47 Å². The molecule has 1 atom stereocenters. The molecule has 2 heterocycles. The third kappa shape index (κ3) is 5.08. The van der Waals surface area contributed by atoms with Gasteiger partial charge in [-0.3, -0.25) is 4.99 Å². The first-order valence-electron chi connectivity index (χ1n) is 10.4. The zero-order valence-electron chi connectivity index (χ0n) is 18.3. The second kappa shape index (κ2) is 9.55. The minimum Gasteiger partial charge on any atom is -0.495 e. The average Bonchev–Trinajstić information content (AvgIpc) is 3.22. The van der Waals surface area contributed by atoms with Gasteiger partial charge in [0.25, 0.3) is 0 Å². The summed E-state index contributed by atoms with van der Waals surface area (Å²) in [5.74, 6) is 1.77. The lowest BCUT2D eigenvalue weighted by atomic mass is 10.1. The molecule has 0 saturated heterocycles. The van der Waals surface area contributed by atoms with E-state index in [0.29, 0.717) is 24.7 Å². The minimum absolute atomic E-state index is 0.147. The predicted molar refractivity (Wildman–Crippen MR) is 124 cm³/mol. The van der Waals surface area contributed by atoms with Gasteiger partial charge >= 0.3 is 0 Å². The van der Waals surface area contributed by atoms with E-state index in [-0.39, 0.29) is 12.0 Å². The summed E-state index contributed by atoms with van der Waals surface area (Å²) in [6, 6.07) is 12.2. The maximum absolute atomic E-state index is 13.1. The SMILES string of the molecule is COc1cc(/C=C2\OCCN=C2NC(C)Nc2ccc(F)cc2)ccc1-n1cnc(C)c1. The van der Waals surface area contributed by atoms with E-state index in [1.165, 1.54) is 12.1 Å². The highest BCUT2D eigenvalue weighted by atomic mass is 19.1. The fraction of sp³-hybridized carbons (Fsp3) is 0.250. The van der Waals surface area contributed by atoms with Gasteiger partial charge in [0.2, 0.25) is 0 Å². The molecular formula is C24H26FN5O2. The third-order valence-corrected chi connectivity index (χ3v) is 4.92. The number of benzene rings is 2. The summed E-state index contributed by atoms with van der Waals surface area (Å²) in [6.45, 7) is 5.00. The van der Waals surface area contributed by atoms with Gasteiger partial charge in [-0.1, -0.05) is 6.07 Å². The van der Waals surface area contributed by atoms with Crippen LogP contribution in [-0.4, -0.2) is 41.8 Å². The monoisotopic (exact) mass is 435 g/mol. The first kappa shape index (κ1) is 21.4. The molecule has 0 saturated carbocycles. The van der Waals surface area contributed by atoms with E-state index in [2.05, 4.69) is 20.6 Å². The molecule has 2 N–H and O–H groups in total. The van der Waals surface area contributed by atoms with Crippen LogP contribution in [0.5, 0.6) is 5.75 Å². The lowest BCUT2D eigenvalue weighted by molar-refractivity contribution is 0.232. The molecule has 1 aliphatic heterocycles. The Morgan fingerprint density at radius 2 is 2.00 bits per heavy atom. The van der Waals surface area contributed by atoms with Gasteiger partial charge in [-0.25, -0.2) is 9.37 Å². The maximum Gasteiger partial charge on any atom is 0.165 e. The number of nitrogens with one attached hydrogen (secondary N) is 2. The standard InChI is InChI=1S/C24H26FN5O2/c1-16-14-30(15-27-16)21-9-4-18(12-22(21)31-3)13-23-24(26-10-11-32-23)29-17(2)28-20-7-5-19(25)6-8-20/h4-9,12-15,17,28H,10-11H2,1-3H3,(H,26,29)/b23-13-. The minimum atomic E-state index is -0.268. The van der Waals surface area contributed by atoms with Crippen LogP contribution in [0, 0.1) is 12.7 Å². The second-order valence-electron chi connectivity index (χ2n) is 7.46. The lowest BCUT2D eigenvalue weighted by Crippen LogP contribution is -2.41. The number of rotatable bonds is 6. The first-order chi connectivity index (χ1) is 15.5. The molecular weight excluding hydrogens is 409 g/mol.